The third-order valence-corrected chi connectivity index (χ3v) is 10.3. The van der Waals surface area contributed by atoms with E-state index >= 15 is 0 Å². The predicted molar refractivity (Wildman–Crippen MR) is 124 cm³/mol. The van der Waals surface area contributed by atoms with Gasteiger partial charge in [0.05, 0.1) is 12.2 Å². The second-order valence-electron chi connectivity index (χ2n) is 10.9. The van der Waals surface area contributed by atoms with E-state index in [1.54, 1.807) is 0 Å². The van der Waals surface area contributed by atoms with Crippen LogP contribution in [0.15, 0.2) is 29.4 Å². The third kappa shape index (κ3) is 4.04. The first-order valence-electron chi connectivity index (χ1n) is 12.3. The van der Waals surface area contributed by atoms with Crippen LogP contribution in [0.25, 0.3) is 0 Å². The summed E-state index contributed by atoms with van der Waals surface area (Å²) in [5.41, 5.74) is 1.20. The number of benzene rings is 1. The van der Waals surface area contributed by atoms with E-state index < -0.39 is 26.6 Å². The van der Waals surface area contributed by atoms with Crippen LogP contribution < -0.4 is 5.32 Å². The number of rotatable bonds is 5. The number of fused-ring (bicyclic) bond motifs is 1. The molecule has 0 spiro atoms. The number of sulfonamides is 1. The van der Waals surface area contributed by atoms with Gasteiger partial charge in [-0.05, 0) is 80.2 Å². The molecule has 2 aromatic rings. The smallest absolute Gasteiger partial charge is 0.249 e. The van der Waals surface area contributed by atoms with Gasteiger partial charge in [0.2, 0.25) is 15.9 Å². The summed E-state index contributed by atoms with van der Waals surface area (Å²) in [5.74, 6) is 0.358. The van der Waals surface area contributed by atoms with E-state index in [9.17, 15) is 22.0 Å². The van der Waals surface area contributed by atoms with Crippen molar-refractivity contribution < 1.29 is 22.0 Å². The fraction of sp³-hybridized carbons (Fsp3) is 0.560. The number of carbonyl (C=O) groups is 1. The molecule has 2 heterocycles. The number of nitrogens with zero attached hydrogens (tertiary/aromatic N) is 3. The molecule has 0 unspecified atom stereocenters. The Morgan fingerprint density at radius 3 is 2.31 bits per heavy atom. The number of hydrogen-bond donors (Lipinski definition) is 1. The summed E-state index contributed by atoms with van der Waals surface area (Å²) in [4.78, 5) is 20.6. The average molecular weight is 503 g/mol. The minimum absolute atomic E-state index is 0.00826. The van der Waals surface area contributed by atoms with Crippen molar-refractivity contribution in [1.29, 1.82) is 0 Å². The van der Waals surface area contributed by atoms with Gasteiger partial charge in [-0.1, -0.05) is 6.07 Å². The Labute approximate surface area is 203 Å². The molecule has 4 aliphatic carbocycles. The number of anilines is 1. The number of nitrogens with one attached hydrogen (secondary N) is 1. The van der Waals surface area contributed by atoms with Crippen LogP contribution in [-0.4, -0.2) is 35.1 Å². The highest BCUT2D eigenvalue weighted by Crippen LogP contribution is 2.61. The average Bonchev–Trinajstić information content (AvgIpc) is 2.77. The molecule has 1 amide bonds. The van der Waals surface area contributed by atoms with Gasteiger partial charge in [-0.3, -0.25) is 4.79 Å². The molecule has 0 radical (unpaired) electrons. The topological polar surface area (TPSA) is 92.3 Å². The minimum atomic E-state index is -4.40. The molecular weight excluding hydrogens is 474 g/mol. The zero-order valence-electron chi connectivity index (χ0n) is 19.3. The molecule has 186 valence electrons. The Morgan fingerprint density at radius 1 is 1.06 bits per heavy atom. The largest absolute Gasteiger partial charge is 0.310 e. The number of aromatic nitrogens is 2. The van der Waals surface area contributed by atoms with E-state index in [1.165, 1.54) is 25.6 Å². The van der Waals surface area contributed by atoms with E-state index in [0.29, 0.717) is 23.5 Å². The molecule has 7 rings (SSSR count). The van der Waals surface area contributed by atoms with Gasteiger partial charge in [0, 0.05) is 18.5 Å². The van der Waals surface area contributed by atoms with Crippen molar-refractivity contribution >= 4 is 21.7 Å². The predicted octanol–water partition coefficient (Wildman–Crippen LogP) is 4.05. The van der Waals surface area contributed by atoms with Crippen molar-refractivity contribution in [2.45, 2.75) is 62.8 Å². The fourth-order valence-electron chi connectivity index (χ4n) is 7.52. The Bertz CT molecular complexity index is 1240. The minimum Gasteiger partial charge on any atom is -0.310 e. The van der Waals surface area contributed by atoms with Crippen molar-refractivity contribution in [1.82, 2.24) is 14.3 Å². The highest BCUT2D eigenvalue weighted by atomic mass is 32.2. The Balaban J connectivity index is 1.19. The zero-order valence-corrected chi connectivity index (χ0v) is 20.2. The SMILES string of the molecule is O=C(CC12CC3CC(CC(C3)C1)C2)Nc1ncnc2c1CCN(S(=O)(=O)c1c(F)cccc1F)C2. The van der Waals surface area contributed by atoms with Crippen molar-refractivity contribution in [3.63, 3.8) is 0 Å². The standard InChI is InChI=1S/C25H28F2N4O3S/c26-19-2-1-3-20(27)23(19)35(33,34)31-5-4-18-21(13-31)28-14-29-24(18)30-22(32)12-25-9-15-6-16(10-25)8-17(7-15)11-25/h1-3,14-17H,4-13H2,(H,28,29,30,32). The van der Waals surface area contributed by atoms with Crippen molar-refractivity contribution in [2.24, 2.45) is 23.2 Å². The molecule has 4 bridgehead atoms. The summed E-state index contributed by atoms with van der Waals surface area (Å²) in [7, 11) is -4.40. The number of halogens is 2. The lowest BCUT2D eigenvalue weighted by molar-refractivity contribution is -0.124. The number of amides is 1. The highest BCUT2D eigenvalue weighted by molar-refractivity contribution is 7.89. The lowest BCUT2D eigenvalue weighted by atomic mass is 9.49. The Morgan fingerprint density at radius 2 is 1.69 bits per heavy atom. The monoisotopic (exact) mass is 502 g/mol. The molecule has 1 aromatic heterocycles. The Hall–Kier alpha value is -2.46. The molecular formula is C25H28F2N4O3S. The molecule has 4 saturated carbocycles. The van der Waals surface area contributed by atoms with Gasteiger partial charge >= 0.3 is 0 Å². The molecule has 5 aliphatic rings. The van der Waals surface area contributed by atoms with Crippen LogP contribution in [0.2, 0.25) is 0 Å². The first kappa shape index (κ1) is 23.0. The van der Waals surface area contributed by atoms with Crippen molar-refractivity contribution in [3.05, 3.63) is 47.4 Å². The fourth-order valence-corrected chi connectivity index (χ4v) is 9.04. The lowest BCUT2D eigenvalue weighted by Crippen LogP contribution is -2.47. The van der Waals surface area contributed by atoms with Crippen LogP contribution in [0.1, 0.15) is 56.2 Å². The normalized spacial score (nSPS) is 29.7. The molecule has 4 fully saturated rings. The van der Waals surface area contributed by atoms with Gasteiger partial charge in [-0.2, -0.15) is 4.31 Å². The van der Waals surface area contributed by atoms with Crippen molar-refractivity contribution in [2.75, 3.05) is 11.9 Å². The molecule has 0 atom stereocenters. The van der Waals surface area contributed by atoms with Crippen LogP contribution in [0.3, 0.4) is 0 Å². The molecule has 7 nitrogen and oxygen atoms in total. The van der Waals surface area contributed by atoms with Crippen LogP contribution >= 0.6 is 0 Å². The van der Waals surface area contributed by atoms with E-state index in [0.717, 1.165) is 59.5 Å². The van der Waals surface area contributed by atoms with E-state index in [1.807, 2.05) is 0 Å². The first-order valence-corrected chi connectivity index (χ1v) is 13.7. The summed E-state index contributed by atoms with van der Waals surface area (Å²) in [6.45, 7) is -0.139. The molecule has 35 heavy (non-hydrogen) atoms. The second-order valence-corrected chi connectivity index (χ2v) is 12.8. The summed E-state index contributed by atoms with van der Waals surface area (Å²) in [6.07, 6.45) is 9.36. The Kier molecular flexibility index (Phi) is 5.45. The molecule has 1 aromatic carbocycles. The van der Waals surface area contributed by atoms with Gasteiger partial charge in [0.15, 0.2) is 4.90 Å². The highest BCUT2D eigenvalue weighted by Gasteiger charge is 2.51. The maximum atomic E-state index is 14.2. The van der Waals surface area contributed by atoms with Gasteiger partial charge in [-0.15, -0.1) is 0 Å². The van der Waals surface area contributed by atoms with Crippen LogP contribution in [0, 0.1) is 34.8 Å². The van der Waals surface area contributed by atoms with Gasteiger partial charge in [0.25, 0.3) is 0 Å². The number of carbonyl (C=O) groups excluding carboxylic acids is 1. The quantitative estimate of drug-likeness (QED) is 0.666. The van der Waals surface area contributed by atoms with Crippen LogP contribution in [-0.2, 0) is 27.8 Å². The second kappa shape index (κ2) is 8.30. The van der Waals surface area contributed by atoms with Crippen LogP contribution in [0.4, 0.5) is 14.6 Å². The molecule has 1 aliphatic heterocycles. The molecule has 1 N–H and O–H groups in total. The first-order chi connectivity index (χ1) is 16.7. The number of hydrogen-bond acceptors (Lipinski definition) is 5. The summed E-state index contributed by atoms with van der Waals surface area (Å²) in [5, 5.41) is 2.97. The van der Waals surface area contributed by atoms with E-state index in [4.69, 9.17) is 0 Å². The maximum absolute atomic E-state index is 14.2. The third-order valence-electron chi connectivity index (χ3n) is 8.45. The van der Waals surface area contributed by atoms with Crippen molar-refractivity contribution in [3.8, 4) is 0 Å². The molecule has 10 heteroatoms. The van der Waals surface area contributed by atoms with Gasteiger partial charge < -0.3 is 5.32 Å². The zero-order chi connectivity index (χ0) is 24.4. The van der Waals surface area contributed by atoms with E-state index in [2.05, 4.69) is 15.3 Å². The summed E-state index contributed by atoms with van der Waals surface area (Å²) in [6, 6.07) is 2.97. The molecule has 0 saturated heterocycles. The van der Waals surface area contributed by atoms with Crippen LogP contribution in [0.5, 0.6) is 0 Å². The summed E-state index contributed by atoms with van der Waals surface area (Å²) >= 11 is 0. The maximum Gasteiger partial charge on any atom is 0.249 e. The van der Waals surface area contributed by atoms with Gasteiger partial charge in [0.1, 0.15) is 23.8 Å². The van der Waals surface area contributed by atoms with E-state index in [-0.39, 0.29) is 30.8 Å². The summed E-state index contributed by atoms with van der Waals surface area (Å²) < 4.78 is 55.4. The van der Waals surface area contributed by atoms with Gasteiger partial charge in [-0.25, -0.2) is 27.2 Å². The lowest BCUT2D eigenvalue weighted by Gasteiger charge is -2.56.